The van der Waals surface area contributed by atoms with Gasteiger partial charge in [-0.15, -0.1) is 0 Å². The third kappa shape index (κ3) is 5.63. The van der Waals surface area contributed by atoms with Crippen LogP contribution >= 0.6 is 0 Å². The molecule has 1 aromatic rings. The standard InChI is InChI=1S/C13H19FN2O2/c1-9(2)6-16-7-10-3-11(14)5-12(4-10)18-8-13(15)17/h3-5,9,16H,6-8H2,1-2H3,(H2,15,17). The molecule has 0 atom stereocenters. The van der Waals surface area contributed by atoms with Crippen molar-refractivity contribution in [1.29, 1.82) is 0 Å². The molecule has 0 fully saturated rings. The SMILES string of the molecule is CC(C)CNCc1cc(F)cc(OCC(N)=O)c1. The zero-order valence-corrected chi connectivity index (χ0v) is 10.7. The van der Waals surface area contributed by atoms with Gasteiger partial charge >= 0.3 is 0 Å². The second-order valence-corrected chi connectivity index (χ2v) is 4.57. The van der Waals surface area contributed by atoms with E-state index >= 15 is 0 Å². The van der Waals surface area contributed by atoms with Gasteiger partial charge < -0.3 is 15.8 Å². The number of primary amides is 1. The summed E-state index contributed by atoms with van der Waals surface area (Å²) >= 11 is 0. The van der Waals surface area contributed by atoms with E-state index in [1.165, 1.54) is 12.1 Å². The maximum atomic E-state index is 13.3. The van der Waals surface area contributed by atoms with Crippen molar-refractivity contribution < 1.29 is 13.9 Å². The molecule has 0 aromatic heterocycles. The lowest BCUT2D eigenvalue weighted by atomic mass is 10.2. The first kappa shape index (κ1) is 14.4. The lowest BCUT2D eigenvalue weighted by Gasteiger charge is -2.09. The van der Waals surface area contributed by atoms with E-state index in [2.05, 4.69) is 19.2 Å². The minimum atomic E-state index is -0.584. The van der Waals surface area contributed by atoms with Crippen molar-refractivity contribution in [2.75, 3.05) is 13.2 Å². The topological polar surface area (TPSA) is 64.3 Å². The predicted octanol–water partition coefficient (Wildman–Crippen LogP) is 1.44. The van der Waals surface area contributed by atoms with Gasteiger partial charge in [0.05, 0.1) is 0 Å². The van der Waals surface area contributed by atoms with Crippen LogP contribution in [0.3, 0.4) is 0 Å². The predicted molar refractivity (Wildman–Crippen MR) is 67.6 cm³/mol. The quantitative estimate of drug-likeness (QED) is 0.773. The normalized spacial score (nSPS) is 10.7. The maximum absolute atomic E-state index is 13.3. The van der Waals surface area contributed by atoms with Gasteiger partial charge in [0, 0.05) is 12.6 Å². The van der Waals surface area contributed by atoms with E-state index in [0.717, 1.165) is 12.1 Å². The van der Waals surface area contributed by atoms with Gasteiger partial charge in [-0.05, 0) is 30.2 Å². The Kier molecular flexibility index (Phi) is 5.58. The Balaban J connectivity index is 2.59. The average molecular weight is 254 g/mol. The molecular weight excluding hydrogens is 235 g/mol. The summed E-state index contributed by atoms with van der Waals surface area (Å²) in [6.45, 7) is 5.36. The van der Waals surface area contributed by atoms with Gasteiger partial charge in [0.2, 0.25) is 0 Å². The van der Waals surface area contributed by atoms with Gasteiger partial charge in [0.15, 0.2) is 6.61 Å². The summed E-state index contributed by atoms with van der Waals surface area (Å²) in [5, 5.41) is 3.21. The molecule has 1 aromatic carbocycles. The molecule has 0 aliphatic heterocycles. The van der Waals surface area contributed by atoms with Crippen molar-refractivity contribution in [3.05, 3.63) is 29.6 Å². The summed E-state index contributed by atoms with van der Waals surface area (Å²) in [5.74, 6) is -0.128. The molecule has 0 radical (unpaired) electrons. The number of carbonyl (C=O) groups excluding carboxylic acids is 1. The highest BCUT2D eigenvalue weighted by Gasteiger charge is 2.04. The number of hydrogen-bond donors (Lipinski definition) is 2. The highest BCUT2D eigenvalue weighted by molar-refractivity contribution is 5.75. The summed E-state index contributed by atoms with van der Waals surface area (Å²) < 4.78 is 18.4. The van der Waals surface area contributed by atoms with E-state index in [4.69, 9.17) is 10.5 Å². The highest BCUT2D eigenvalue weighted by atomic mass is 19.1. The molecule has 0 aliphatic carbocycles. The third-order valence-corrected chi connectivity index (χ3v) is 2.19. The summed E-state index contributed by atoms with van der Waals surface area (Å²) in [6.07, 6.45) is 0. The van der Waals surface area contributed by atoms with Crippen LogP contribution < -0.4 is 15.8 Å². The Morgan fingerprint density at radius 2 is 2.17 bits per heavy atom. The molecule has 100 valence electrons. The molecule has 5 heteroatoms. The number of rotatable bonds is 7. The Hall–Kier alpha value is -1.62. The fourth-order valence-corrected chi connectivity index (χ4v) is 1.47. The van der Waals surface area contributed by atoms with Gasteiger partial charge in [-0.1, -0.05) is 13.8 Å². The van der Waals surface area contributed by atoms with Gasteiger partial charge in [-0.25, -0.2) is 4.39 Å². The van der Waals surface area contributed by atoms with Crippen LogP contribution in [0.1, 0.15) is 19.4 Å². The Bertz CT molecular complexity index is 408. The van der Waals surface area contributed by atoms with Crippen molar-refractivity contribution in [3.8, 4) is 5.75 Å². The number of benzene rings is 1. The van der Waals surface area contributed by atoms with Crippen LogP contribution in [0.5, 0.6) is 5.75 Å². The summed E-state index contributed by atoms with van der Waals surface area (Å²) in [5.41, 5.74) is 5.73. The van der Waals surface area contributed by atoms with Crippen LogP contribution in [0.15, 0.2) is 18.2 Å². The molecule has 4 nitrogen and oxygen atoms in total. The lowest BCUT2D eigenvalue weighted by Crippen LogP contribution is -2.21. The molecule has 3 N–H and O–H groups in total. The van der Waals surface area contributed by atoms with Gasteiger partial charge in [-0.3, -0.25) is 4.79 Å². The van der Waals surface area contributed by atoms with Crippen LogP contribution in [-0.4, -0.2) is 19.1 Å². The molecule has 0 bridgehead atoms. The van der Waals surface area contributed by atoms with Crippen LogP contribution in [0, 0.1) is 11.7 Å². The van der Waals surface area contributed by atoms with Crippen molar-refractivity contribution >= 4 is 5.91 Å². The molecule has 0 aliphatic rings. The fourth-order valence-electron chi connectivity index (χ4n) is 1.47. The molecule has 1 amide bonds. The molecule has 0 spiro atoms. The Labute approximate surface area is 106 Å². The summed E-state index contributed by atoms with van der Waals surface area (Å²) in [6, 6.07) is 4.36. The van der Waals surface area contributed by atoms with Crippen molar-refractivity contribution in [3.63, 3.8) is 0 Å². The van der Waals surface area contributed by atoms with Crippen molar-refractivity contribution in [2.45, 2.75) is 20.4 Å². The fraction of sp³-hybridized carbons (Fsp3) is 0.462. The number of halogens is 1. The van der Waals surface area contributed by atoms with Gasteiger partial charge in [0.1, 0.15) is 11.6 Å². The van der Waals surface area contributed by atoms with E-state index < -0.39 is 11.7 Å². The van der Waals surface area contributed by atoms with E-state index in [1.807, 2.05) is 0 Å². The number of amides is 1. The molecule has 1 rings (SSSR count). The van der Waals surface area contributed by atoms with E-state index in [0.29, 0.717) is 18.2 Å². The number of carbonyl (C=O) groups is 1. The Morgan fingerprint density at radius 1 is 1.44 bits per heavy atom. The van der Waals surface area contributed by atoms with E-state index in [1.54, 1.807) is 6.07 Å². The first-order valence-electron chi connectivity index (χ1n) is 5.88. The van der Waals surface area contributed by atoms with Crippen molar-refractivity contribution in [2.24, 2.45) is 11.7 Å². The van der Waals surface area contributed by atoms with Crippen LogP contribution in [0.25, 0.3) is 0 Å². The molecule has 18 heavy (non-hydrogen) atoms. The third-order valence-electron chi connectivity index (χ3n) is 2.19. The molecule has 0 heterocycles. The Morgan fingerprint density at radius 3 is 2.78 bits per heavy atom. The van der Waals surface area contributed by atoms with Gasteiger partial charge in [-0.2, -0.15) is 0 Å². The summed E-state index contributed by atoms with van der Waals surface area (Å²) in [7, 11) is 0. The first-order valence-corrected chi connectivity index (χ1v) is 5.88. The monoisotopic (exact) mass is 254 g/mol. The molecule has 0 saturated heterocycles. The number of nitrogens with two attached hydrogens (primary N) is 1. The number of hydrogen-bond acceptors (Lipinski definition) is 3. The zero-order valence-electron chi connectivity index (χ0n) is 10.7. The molecule has 0 saturated carbocycles. The van der Waals surface area contributed by atoms with Crippen molar-refractivity contribution in [1.82, 2.24) is 5.32 Å². The van der Waals surface area contributed by atoms with Crippen LogP contribution in [0.4, 0.5) is 4.39 Å². The largest absolute Gasteiger partial charge is 0.484 e. The second-order valence-electron chi connectivity index (χ2n) is 4.57. The second kappa shape index (κ2) is 6.96. The zero-order chi connectivity index (χ0) is 13.5. The first-order chi connectivity index (χ1) is 8.47. The van der Waals surface area contributed by atoms with Gasteiger partial charge in [0.25, 0.3) is 5.91 Å². The minimum Gasteiger partial charge on any atom is -0.484 e. The number of ether oxygens (including phenoxy) is 1. The highest BCUT2D eigenvalue weighted by Crippen LogP contribution is 2.16. The average Bonchev–Trinajstić information content (AvgIpc) is 2.25. The molecule has 0 unspecified atom stereocenters. The lowest BCUT2D eigenvalue weighted by molar-refractivity contribution is -0.119. The van der Waals surface area contributed by atoms with Crippen LogP contribution in [0.2, 0.25) is 0 Å². The number of nitrogens with one attached hydrogen (secondary N) is 1. The van der Waals surface area contributed by atoms with E-state index in [9.17, 15) is 9.18 Å². The minimum absolute atomic E-state index is 0.248. The molecular formula is C13H19FN2O2. The van der Waals surface area contributed by atoms with E-state index in [-0.39, 0.29) is 6.61 Å². The maximum Gasteiger partial charge on any atom is 0.255 e. The smallest absolute Gasteiger partial charge is 0.255 e. The van der Waals surface area contributed by atoms with Crippen LogP contribution in [-0.2, 0) is 11.3 Å². The summed E-state index contributed by atoms with van der Waals surface area (Å²) in [4.78, 5) is 10.6.